The number of nitrogens with one attached hydrogen (secondary N) is 2. The molecule has 3 N–H and O–H groups in total. The molecule has 2 rings (SSSR count). The van der Waals surface area contributed by atoms with Crippen LogP contribution in [0.5, 0.6) is 11.5 Å². The Balaban J connectivity index is 1.96. The number of phenols is 1. The van der Waals surface area contributed by atoms with E-state index < -0.39 is 11.8 Å². The molecule has 0 aliphatic rings. The maximum atomic E-state index is 12.1. The summed E-state index contributed by atoms with van der Waals surface area (Å²) >= 11 is 0. The molecule has 2 aromatic rings. The minimum Gasteiger partial charge on any atom is -0.507 e. The van der Waals surface area contributed by atoms with E-state index in [0.717, 1.165) is 0 Å². The zero-order valence-corrected chi connectivity index (χ0v) is 13.6. The number of hydrogen-bond donors (Lipinski definition) is 3. The number of benzene rings is 2. The summed E-state index contributed by atoms with van der Waals surface area (Å²) in [5.74, 6) is -0.278. The van der Waals surface area contributed by atoms with Crippen LogP contribution in [0.15, 0.2) is 48.5 Å². The Morgan fingerprint density at radius 3 is 2.46 bits per heavy atom. The number of rotatable bonds is 5. The molecule has 0 saturated carbocycles. The van der Waals surface area contributed by atoms with Crippen molar-refractivity contribution < 1.29 is 19.4 Å². The van der Waals surface area contributed by atoms with Crippen molar-refractivity contribution in [2.24, 2.45) is 5.92 Å². The minimum absolute atomic E-state index is 0.0758. The number of phenolic OH excluding ortho intramolecular Hbond substituents is 1. The fourth-order valence-electron chi connectivity index (χ4n) is 1.91. The van der Waals surface area contributed by atoms with Crippen LogP contribution < -0.4 is 15.6 Å². The highest BCUT2D eigenvalue weighted by Gasteiger charge is 2.12. The maximum absolute atomic E-state index is 12.1. The van der Waals surface area contributed by atoms with Gasteiger partial charge in [-0.1, -0.05) is 32.0 Å². The van der Waals surface area contributed by atoms with E-state index in [-0.39, 0.29) is 11.3 Å². The standard InChI is InChI=1S/C18H20N2O4/c1-12(2)11-24-14-7-5-6-13(10-14)17(22)19-20-18(23)15-8-3-4-9-16(15)21/h3-10,12,21H,11H2,1-2H3,(H,19,22)(H,20,23). The molecule has 6 heteroatoms. The van der Waals surface area contributed by atoms with Gasteiger partial charge in [0.1, 0.15) is 11.5 Å². The first-order valence-corrected chi connectivity index (χ1v) is 7.59. The molecule has 0 aromatic heterocycles. The lowest BCUT2D eigenvalue weighted by molar-refractivity contribution is 0.0845. The van der Waals surface area contributed by atoms with Gasteiger partial charge in [0, 0.05) is 5.56 Å². The van der Waals surface area contributed by atoms with Crippen molar-refractivity contribution in [1.29, 1.82) is 0 Å². The predicted molar refractivity (Wildman–Crippen MR) is 89.8 cm³/mol. The van der Waals surface area contributed by atoms with Crippen LogP contribution in [-0.4, -0.2) is 23.5 Å². The van der Waals surface area contributed by atoms with Crippen LogP contribution in [0.25, 0.3) is 0 Å². The molecular formula is C18H20N2O4. The van der Waals surface area contributed by atoms with Crippen molar-refractivity contribution >= 4 is 11.8 Å². The fraction of sp³-hybridized carbons (Fsp3) is 0.222. The maximum Gasteiger partial charge on any atom is 0.273 e. The topological polar surface area (TPSA) is 87.7 Å². The highest BCUT2D eigenvalue weighted by atomic mass is 16.5. The van der Waals surface area contributed by atoms with Gasteiger partial charge < -0.3 is 9.84 Å². The minimum atomic E-state index is -0.603. The number of hydrogen-bond acceptors (Lipinski definition) is 4. The summed E-state index contributed by atoms with van der Waals surface area (Å²) in [5.41, 5.74) is 5.01. The van der Waals surface area contributed by atoms with Crippen molar-refractivity contribution in [3.63, 3.8) is 0 Å². The van der Waals surface area contributed by atoms with Crippen LogP contribution in [0.3, 0.4) is 0 Å². The summed E-state index contributed by atoms with van der Waals surface area (Å²) in [6.45, 7) is 4.62. The second-order valence-electron chi connectivity index (χ2n) is 5.66. The molecule has 126 valence electrons. The van der Waals surface area contributed by atoms with Crippen molar-refractivity contribution in [2.75, 3.05) is 6.61 Å². The molecule has 0 aliphatic carbocycles. The van der Waals surface area contributed by atoms with Gasteiger partial charge in [-0.15, -0.1) is 0 Å². The summed E-state index contributed by atoms with van der Waals surface area (Å²) in [4.78, 5) is 24.0. The first-order valence-electron chi connectivity index (χ1n) is 7.59. The second-order valence-corrected chi connectivity index (χ2v) is 5.66. The molecule has 0 heterocycles. The summed E-state index contributed by atoms with van der Waals surface area (Å²) in [5, 5.41) is 9.61. The molecule has 0 saturated heterocycles. The van der Waals surface area contributed by atoms with Crippen molar-refractivity contribution in [3.8, 4) is 11.5 Å². The van der Waals surface area contributed by atoms with E-state index in [1.165, 1.54) is 12.1 Å². The average molecular weight is 328 g/mol. The third-order valence-corrected chi connectivity index (χ3v) is 3.12. The van der Waals surface area contributed by atoms with E-state index in [2.05, 4.69) is 10.9 Å². The molecule has 2 aromatic carbocycles. The van der Waals surface area contributed by atoms with Gasteiger partial charge in [0.05, 0.1) is 12.2 Å². The largest absolute Gasteiger partial charge is 0.507 e. The van der Waals surface area contributed by atoms with Crippen molar-refractivity contribution in [3.05, 3.63) is 59.7 Å². The van der Waals surface area contributed by atoms with Gasteiger partial charge in [0.25, 0.3) is 11.8 Å². The highest BCUT2D eigenvalue weighted by Crippen LogP contribution is 2.15. The Bertz CT molecular complexity index is 728. The Morgan fingerprint density at radius 1 is 1.04 bits per heavy atom. The van der Waals surface area contributed by atoms with E-state index in [9.17, 15) is 14.7 Å². The first kappa shape index (κ1) is 17.3. The third kappa shape index (κ3) is 4.74. The SMILES string of the molecule is CC(C)COc1cccc(C(=O)NNC(=O)c2ccccc2O)c1. The van der Waals surface area contributed by atoms with E-state index in [4.69, 9.17) is 4.74 Å². The van der Waals surface area contributed by atoms with Crippen molar-refractivity contribution in [2.45, 2.75) is 13.8 Å². The molecular weight excluding hydrogens is 308 g/mol. The number of ether oxygens (including phenoxy) is 1. The van der Waals surface area contributed by atoms with Crippen LogP contribution in [-0.2, 0) is 0 Å². The van der Waals surface area contributed by atoms with Gasteiger partial charge in [-0.2, -0.15) is 0 Å². The molecule has 0 spiro atoms. The van der Waals surface area contributed by atoms with E-state index >= 15 is 0 Å². The van der Waals surface area contributed by atoms with Crippen LogP contribution in [0.2, 0.25) is 0 Å². The highest BCUT2D eigenvalue weighted by molar-refractivity contribution is 6.00. The summed E-state index contributed by atoms with van der Waals surface area (Å²) in [6.07, 6.45) is 0. The van der Waals surface area contributed by atoms with E-state index in [0.29, 0.717) is 23.8 Å². The molecule has 0 radical (unpaired) electrons. The summed E-state index contributed by atoms with van der Waals surface area (Å²) < 4.78 is 5.57. The van der Waals surface area contributed by atoms with Gasteiger partial charge in [0.2, 0.25) is 0 Å². The van der Waals surface area contributed by atoms with Gasteiger partial charge in [-0.25, -0.2) is 0 Å². The van der Waals surface area contributed by atoms with Crippen LogP contribution in [0.1, 0.15) is 34.6 Å². The summed E-state index contributed by atoms with van der Waals surface area (Å²) in [7, 11) is 0. The Morgan fingerprint density at radius 2 is 1.75 bits per heavy atom. The monoisotopic (exact) mass is 328 g/mol. The zero-order valence-electron chi connectivity index (χ0n) is 13.6. The molecule has 0 bridgehead atoms. The average Bonchev–Trinajstić information content (AvgIpc) is 2.58. The van der Waals surface area contributed by atoms with Crippen LogP contribution in [0, 0.1) is 5.92 Å². The number of para-hydroxylation sites is 1. The van der Waals surface area contributed by atoms with Gasteiger partial charge in [-0.3, -0.25) is 20.4 Å². The first-order chi connectivity index (χ1) is 11.5. The van der Waals surface area contributed by atoms with Crippen LogP contribution >= 0.6 is 0 Å². The molecule has 0 unspecified atom stereocenters. The normalized spacial score (nSPS) is 10.3. The molecule has 2 amide bonds. The lowest BCUT2D eigenvalue weighted by Gasteiger charge is -2.11. The van der Waals surface area contributed by atoms with Gasteiger partial charge in [-0.05, 0) is 36.2 Å². The van der Waals surface area contributed by atoms with E-state index in [1.807, 2.05) is 13.8 Å². The van der Waals surface area contributed by atoms with Gasteiger partial charge >= 0.3 is 0 Å². The Labute approximate surface area is 140 Å². The number of amides is 2. The Kier molecular flexibility index (Phi) is 5.78. The molecule has 6 nitrogen and oxygen atoms in total. The Hall–Kier alpha value is -3.02. The van der Waals surface area contributed by atoms with Gasteiger partial charge in [0.15, 0.2) is 0 Å². The quantitative estimate of drug-likeness (QED) is 0.736. The zero-order chi connectivity index (χ0) is 17.5. The summed E-state index contributed by atoms with van der Waals surface area (Å²) in [6, 6.07) is 12.8. The number of carbonyl (C=O) groups is 2. The lowest BCUT2D eigenvalue weighted by Crippen LogP contribution is -2.41. The number of aromatic hydroxyl groups is 1. The number of hydrazine groups is 1. The third-order valence-electron chi connectivity index (χ3n) is 3.12. The molecule has 0 atom stereocenters. The smallest absolute Gasteiger partial charge is 0.273 e. The molecule has 24 heavy (non-hydrogen) atoms. The fourth-order valence-corrected chi connectivity index (χ4v) is 1.91. The van der Waals surface area contributed by atoms with Crippen LogP contribution in [0.4, 0.5) is 0 Å². The molecule has 0 aliphatic heterocycles. The van der Waals surface area contributed by atoms with E-state index in [1.54, 1.807) is 36.4 Å². The van der Waals surface area contributed by atoms with Crippen molar-refractivity contribution in [1.82, 2.24) is 10.9 Å². The lowest BCUT2D eigenvalue weighted by atomic mass is 10.2. The second kappa shape index (κ2) is 8.01. The predicted octanol–water partition coefficient (Wildman–Crippen LogP) is 2.50. The number of carbonyl (C=O) groups excluding carboxylic acids is 2. The molecule has 0 fully saturated rings.